The molecule has 2 fully saturated rings. The molecule has 0 radical (unpaired) electrons. The highest BCUT2D eigenvalue weighted by atomic mass is 16.7. The van der Waals surface area contributed by atoms with Crippen molar-refractivity contribution in [1.82, 2.24) is 21.3 Å². The SMILES string of the molecule is CC(=O)NC1C(OC2C(COC(C)=O)OC(O)C(NC(C)=O)C2OC(C)C(=O)NC(C)C(=O)NC(CCC(=O)O)C(N)=O)OC(CO)C(O)C1O. The molecule has 0 spiro atoms. The smallest absolute Gasteiger partial charge is 0.303 e. The van der Waals surface area contributed by atoms with Crippen molar-refractivity contribution >= 4 is 41.5 Å². The number of nitrogens with two attached hydrogens (primary N) is 1. The first kappa shape index (κ1) is 43.1. The first-order valence-electron chi connectivity index (χ1n) is 15.8. The number of hydrogen-bond acceptors (Lipinski definition) is 16. The summed E-state index contributed by atoms with van der Waals surface area (Å²) in [7, 11) is 0. The summed E-state index contributed by atoms with van der Waals surface area (Å²) in [5, 5.41) is 60.2. The van der Waals surface area contributed by atoms with Crippen LogP contribution < -0.4 is 27.0 Å². The monoisotopic (exact) mass is 737 g/mol. The van der Waals surface area contributed by atoms with Gasteiger partial charge >= 0.3 is 11.9 Å². The maximum absolute atomic E-state index is 13.3. The Labute approximate surface area is 291 Å². The van der Waals surface area contributed by atoms with Gasteiger partial charge < -0.3 is 76.2 Å². The molecule has 22 nitrogen and oxygen atoms in total. The minimum absolute atomic E-state index is 0.314. The largest absolute Gasteiger partial charge is 0.481 e. The van der Waals surface area contributed by atoms with Gasteiger partial charge in [0.25, 0.3) is 0 Å². The van der Waals surface area contributed by atoms with Crippen LogP contribution in [-0.4, -0.2) is 160 Å². The summed E-state index contributed by atoms with van der Waals surface area (Å²) < 4.78 is 28.5. The molecule has 2 aliphatic rings. The van der Waals surface area contributed by atoms with Crippen molar-refractivity contribution in [3.05, 3.63) is 0 Å². The van der Waals surface area contributed by atoms with Gasteiger partial charge in [-0.25, -0.2) is 0 Å². The lowest BCUT2D eigenvalue weighted by molar-refractivity contribution is -0.333. The molecule has 0 aromatic rings. The van der Waals surface area contributed by atoms with E-state index in [4.69, 9.17) is 34.5 Å². The number of esters is 1. The number of aliphatic hydroxyl groups excluding tert-OH is 4. The molecule has 0 saturated carbocycles. The van der Waals surface area contributed by atoms with Crippen LogP contribution in [0.4, 0.5) is 0 Å². The first-order chi connectivity index (χ1) is 23.8. The van der Waals surface area contributed by atoms with Crippen LogP contribution >= 0.6 is 0 Å². The topological polar surface area (TPSA) is 341 Å². The number of primary amides is 1. The summed E-state index contributed by atoms with van der Waals surface area (Å²) in [6, 6.07) is -5.68. The second kappa shape index (κ2) is 19.5. The van der Waals surface area contributed by atoms with E-state index in [9.17, 15) is 54.0 Å². The minimum Gasteiger partial charge on any atom is -0.481 e. The Morgan fingerprint density at radius 3 is 1.96 bits per heavy atom. The van der Waals surface area contributed by atoms with Gasteiger partial charge in [-0.05, 0) is 20.3 Å². The van der Waals surface area contributed by atoms with Gasteiger partial charge in [-0.3, -0.25) is 33.6 Å². The Hall–Kier alpha value is -4.03. The molecule has 0 aliphatic carbocycles. The van der Waals surface area contributed by atoms with Gasteiger partial charge in [0.15, 0.2) is 12.6 Å². The van der Waals surface area contributed by atoms with Gasteiger partial charge in [0.2, 0.25) is 29.5 Å². The number of amides is 5. The fourth-order valence-corrected chi connectivity index (χ4v) is 5.25. The van der Waals surface area contributed by atoms with Gasteiger partial charge in [-0.2, -0.15) is 0 Å². The minimum atomic E-state index is -1.87. The molecule has 2 rings (SSSR count). The van der Waals surface area contributed by atoms with E-state index in [2.05, 4.69) is 21.3 Å². The van der Waals surface area contributed by atoms with Gasteiger partial charge in [0, 0.05) is 27.2 Å². The Balaban J connectivity index is 2.43. The Kier molecular flexibility index (Phi) is 16.5. The molecule has 13 unspecified atom stereocenters. The number of aliphatic carboxylic acids is 1. The van der Waals surface area contributed by atoms with Crippen molar-refractivity contribution in [2.24, 2.45) is 5.73 Å². The molecule has 5 amide bonds. The van der Waals surface area contributed by atoms with E-state index in [-0.39, 0.29) is 6.42 Å². The Bertz CT molecular complexity index is 1270. The summed E-state index contributed by atoms with van der Waals surface area (Å²) in [5.74, 6) is -6.26. The Morgan fingerprint density at radius 2 is 1.43 bits per heavy atom. The zero-order valence-corrected chi connectivity index (χ0v) is 28.5. The summed E-state index contributed by atoms with van der Waals surface area (Å²) in [5.41, 5.74) is 5.25. The fourth-order valence-electron chi connectivity index (χ4n) is 5.25. The van der Waals surface area contributed by atoms with Crippen LogP contribution in [0, 0.1) is 0 Å². The predicted molar refractivity (Wildman–Crippen MR) is 165 cm³/mol. The molecule has 0 aromatic carbocycles. The van der Waals surface area contributed by atoms with E-state index in [1.54, 1.807) is 0 Å². The average Bonchev–Trinajstić information content (AvgIpc) is 3.03. The third kappa shape index (κ3) is 12.6. The lowest BCUT2D eigenvalue weighted by Gasteiger charge is -2.48. The van der Waals surface area contributed by atoms with E-state index < -0.39 is 141 Å². The maximum atomic E-state index is 13.3. The fraction of sp³-hybridized carbons (Fsp3) is 0.759. The highest BCUT2D eigenvalue weighted by molar-refractivity contribution is 5.92. The van der Waals surface area contributed by atoms with Gasteiger partial charge in [0.05, 0.1) is 6.61 Å². The van der Waals surface area contributed by atoms with Gasteiger partial charge in [-0.1, -0.05) is 0 Å². The van der Waals surface area contributed by atoms with Gasteiger partial charge in [0.1, 0.15) is 73.5 Å². The van der Waals surface area contributed by atoms with Gasteiger partial charge in [-0.15, -0.1) is 0 Å². The first-order valence-corrected chi connectivity index (χ1v) is 15.8. The van der Waals surface area contributed by atoms with Crippen LogP contribution in [0.3, 0.4) is 0 Å². The second-order valence-electron chi connectivity index (χ2n) is 12.0. The number of rotatable bonds is 17. The Morgan fingerprint density at radius 1 is 0.824 bits per heavy atom. The number of carbonyl (C=O) groups is 7. The molecule has 2 heterocycles. The molecule has 22 heteroatoms. The van der Waals surface area contributed by atoms with Crippen molar-refractivity contribution in [3.8, 4) is 0 Å². The summed E-state index contributed by atoms with van der Waals surface area (Å²) in [6.07, 6.45) is -15.4. The highest BCUT2D eigenvalue weighted by Gasteiger charge is 2.53. The lowest BCUT2D eigenvalue weighted by Crippen LogP contribution is -2.70. The van der Waals surface area contributed by atoms with E-state index in [1.165, 1.54) is 13.8 Å². The zero-order valence-electron chi connectivity index (χ0n) is 28.5. The van der Waals surface area contributed by atoms with Crippen LogP contribution in [0.5, 0.6) is 0 Å². The molecule has 51 heavy (non-hydrogen) atoms. The summed E-state index contributed by atoms with van der Waals surface area (Å²) >= 11 is 0. The predicted octanol–water partition coefficient (Wildman–Crippen LogP) is -5.79. The molecule has 2 aliphatic heterocycles. The molecular weight excluding hydrogens is 690 g/mol. The normalized spacial score (nSPS) is 30.8. The molecule has 0 aromatic heterocycles. The molecule has 290 valence electrons. The number of aliphatic hydroxyl groups is 4. The summed E-state index contributed by atoms with van der Waals surface area (Å²) in [6.45, 7) is 4.33. The van der Waals surface area contributed by atoms with Crippen LogP contribution in [0.25, 0.3) is 0 Å². The molecule has 0 bridgehead atoms. The van der Waals surface area contributed by atoms with E-state index in [1.807, 2.05) is 0 Å². The lowest BCUT2D eigenvalue weighted by atomic mass is 9.94. The van der Waals surface area contributed by atoms with Crippen LogP contribution in [0.1, 0.15) is 47.5 Å². The number of hydrogen-bond donors (Lipinski definition) is 10. The molecule has 11 N–H and O–H groups in total. The number of carboxylic acids is 1. The third-order valence-electron chi connectivity index (χ3n) is 7.82. The van der Waals surface area contributed by atoms with Crippen LogP contribution in [0.15, 0.2) is 0 Å². The van der Waals surface area contributed by atoms with E-state index in [0.717, 1.165) is 20.8 Å². The number of ether oxygens (including phenoxy) is 5. The standard InChI is InChI=1S/C29H47N5O17/c1-10(26(44)34-15(25(30)43)6-7-18(39)40)31-27(45)11(2)48-24-20(33-13(4)37)28(46)49-17(9-47-14(5)38)23(24)51-29-19(32-12(3)36)22(42)21(41)16(8-35)50-29/h10-11,15-17,19-24,28-29,35,41-42,46H,6-9H2,1-5H3,(H2,30,43)(H,31,45)(H,32,36)(H,33,37)(H,34,44)(H,39,40). The highest BCUT2D eigenvalue weighted by Crippen LogP contribution is 2.31. The average molecular weight is 738 g/mol. The third-order valence-corrected chi connectivity index (χ3v) is 7.82. The molecule has 13 atom stereocenters. The van der Waals surface area contributed by atoms with Crippen molar-refractivity contribution < 1.29 is 82.8 Å². The number of carbonyl (C=O) groups excluding carboxylic acids is 6. The molecule has 2 saturated heterocycles. The van der Waals surface area contributed by atoms with Crippen molar-refractivity contribution in [3.63, 3.8) is 0 Å². The quantitative estimate of drug-likeness (QED) is 0.0622. The number of nitrogens with one attached hydrogen (secondary N) is 4. The second-order valence-corrected chi connectivity index (χ2v) is 12.0. The van der Waals surface area contributed by atoms with Crippen LogP contribution in [-0.2, 0) is 57.2 Å². The van der Waals surface area contributed by atoms with Crippen molar-refractivity contribution in [2.75, 3.05) is 13.2 Å². The van der Waals surface area contributed by atoms with Crippen molar-refractivity contribution in [2.45, 2.75) is 127 Å². The number of carboxylic acid groups (broad SMARTS) is 1. The summed E-state index contributed by atoms with van der Waals surface area (Å²) in [4.78, 5) is 84.6. The maximum Gasteiger partial charge on any atom is 0.303 e. The van der Waals surface area contributed by atoms with Crippen LogP contribution in [0.2, 0.25) is 0 Å². The molecular formula is C29H47N5O17. The zero-order chi connectivity index (χ0) is 38.7. The van der Waals surface area contributed by atoms with Crippen molar-refractivity contribution in [1.29, 1.82) is 0 Å². The van der Waals surface area contributed by atoms with E-state index >= 15 is 0 Å². The van der Waals surface area contributed by atoms with E-state index in [0.29, 0.717) is 0 Å².